The minimum Gasteiger partial charge on any atom is -0.369 e. The number of aromatic nitrogens is 5. The van der Waals surface area contributed by atoms with E-state index >= 15 is 0 Å². The molecule has 0 radical (unpaired) electrons. The molecule has 0 unspecified atom stereocenters. The van der Waals surface area contributed by atoms with Crippen molar-refractivity contribution in [2.75, 3.05) is 36.4 Å². The minimum absolute atomic E-state index is 0.554. The Morgan fingerprint density at radius 3 is 2.62 bits per heavy atom. The maximum atomic E-state index is 4.77. The van der Waals surface area contributed by atoms with Crippen molar-refractivity contribution < 1.29 is 0 Å². The van der Waals surface area contributed by atoms with Crippen molar-refractivity contribution in [3.05, 3.63) is 67.3 Å². The van der Waals surface area contributed by atoms with Crippen LogP contribution in [0.15, 0.2) is 67.3 Å². The Labute approximate surface area is 187 Å². The topological polar surface area (TPSA) is 83.8 Å². The van der Waals surface area contributed by atoms with Crippen LogP contribution < -0.4 is 15.5 Å². The maximum Gasteiger partial charge on any atom is 0.227 e. The summed E-state index contributed by atoms with van der Waals surface area (Å²) < 4.78 is 1.92. The smallest absolute Gasteiger partial charge is 0.227 e. The van der Waals surface area contributed by atoms with Gasteiger partial charge in [0.25, 0.3) is 0 Å². The Bertz CT molecular complexity index is 1160. The van der Waals surface area contributed by atoms with E-state index in [0.29, 0.717) is 5.95 Å². The Kier molecular flexibility index (Phi) is 5.76. The van der Waals surface area contributed by atoms with Crippen molar-refractivity contribution in [3.63, 3.8) is 0 Å². The number of pyridine rings is 1. The summed E-state index contributed by atoms with van der Waals surface area (Å²) in [5.41, 5.74) is 5.80. The van der Waals surface area contributed by atoms with Crippen molar-refractivity contribution in [3.8, 4) is 22.5 Å². The van der Waals surface area contributed by atoms with E-state index in [0.717, 1.165) is 60.9 Å². The summed E-state index contributed by atoms with van der Waals surface area (Å²) in [7, 11) is 0. The highest BCUT2D eigenvalue weighted by atomic mass is 15.3. The highest BCUT2D eigenvalue weighted by Gasteiger charge is 2.15. The van der Waals surface area contributed by atoms with Gasteiger partial charge in [-0.05, 0) is 49.4 Å². The van der Waals surface area contributed by atoms with Crippen molar-refractivity contribution >= 4 is 17.3 Å². The van der Waals surface area contributed by atoms with E-state index in [1.165, 1.54) is 5.69 Å². The van der Waals surface area contributed by atoms with E-state index < -0.39 is 0 Å². The van der Waals surface area contributed by atoms with Crippen LogP contribution in [0.3, 0.4) is 0 Å². The van der Waals surface area contributed by atoms with Gasteiger partial charge in [0.15, 0.2) is 0 Å². The average Bonchev–Trinajstić information content (AvgIpc) is 3.31. The maximum absolute atomic E-state index is 4.77. The van der Waals surface area contributed by atoms with Crippen LogP contribution in [0.4, 0.5) is 17.3 Å². The second-order valence-corrected chi connectivity index (χ2v) is 7.66. The first-order chi connectivity index (χ1) is 15.8. The molecular formula is C24H26N8. The molecule has 4 heterocycles. The lowest BCUT2D eigenvalue weighted by molar-refractivity contribution is 0.589. The number of nitrogens with one attached hydrogen (secondary N) is 2. The van der Waals surface area contributed by atoms with Gasteiger partial charge in [-0.1, -0.05) is 0 Å². The number of anilines is 3. The fourth-order valence-corrected chi connectivity index (χ4v) is 3.86. The van der Waals surface area contributed by atoms with E-state index in [9.17, 15) is 0 Å². The Hall–Kier alpha value is -3.78. The quantitative estimate of drug-likeness (QED) is 0.488. The molecule has 8 nitrogen and oxygen atoms in total. The van der Waals surface area contributed by atoms with E-state index in [4.69, 9.17) is 10.1 Å². The number of aryl methyl sites for hydroxylation is 1. The number of hydrogen-bond donors (Lipinski definition) is 2. The molecule has 1 aliphatic rings. The number of piperazine rings is 1. The van der Waals surface area contributed by atoms with Gasteiger partial charge in [0.2, 0.25) is 5.95 Å². The molecule has 162 valence electrons. The van der Waals surface area contributed by atoms with Crippen LogP contribution in [0.5, 0.6) is 0 Å². The van der Waals surface area contributed by atoms with Gasteiger partial charge in [-0.15, -0.1) is 0 Å². The summed E-state index contributed by atoms with van der Waals surface area (Å²) in [6, 6.07) is 14.3. The highest BCUT2D eigenvalue weighted by molar-refractivity contribution is 5.78. The molecule has 5 rings (SSSR count). The fraction of sp³-hybridized carbons (Fsp3) is 0.250. The third kappa shape index (κ3) is 4.31. The second-order valence-electron chi connectivity index (χ2n) is 7.66. The molecule has 1 aromatic carbocycles. The third-order valence-corrected chi connectivity index (χ3v) is 5.56. The van der Waals surface area contributed by atoms with E-state index in [2.05, 4.69) is 56.7 Å². The first-order valence-corrected chi connectivity index (χ1v) is 10.9. The molecule has 1 saturated heterocycles. The zero-order chi connectivity index (χ0) is 21.8. The molecule has 8 heteroatoms. The first kappa shape index (κ1) is 20.1. The zero-order valence-corrected chi connectivity index (χ0v) is 18.1. The molecule has 0 spiro atoms. The van der Waals surface area contributed by atoms with Crippen molar-refractivity contribution in [2.24, 2.45) is 0 Å². The van der Waals surface area contributed by atoms with Gasteiger partial charge >= 0.3 is 0 Å². The summed E-state index contributed by atoms with van der Waals surface area (Å²) in [5, 5.41) is 11.4. The van der Waals surface area contributed by atoms with E-state index in [1.807, 2.05) is 35.3 Å². The lowest BCUT2D eigenvalue weighted by atomic mass is 10.1. The second kappa shape index (κ2) is 9.15. The van der Waals surface area contributed by atoms with Crippen molar-refractivity contribution in [2.45, 2.75) is 13.5 Å². The Morgan fingerprint density at radius 2 is 1.88 bits per heavy atom. The standard InChI is InChI=1S/C24H26N8/c1-2-32-17-21(23(30-32)18-4-3-10-26-16-18)22-9-11-27-24(29-22)28-19-5-7-20(8-6-19)31-14-12-25-13-15-31/h3-11,16-17,25H,2,12-15H2,1H3,(H,27,28,29). The van der Waals surface area contributed by atoms with Crippen LogP contribution in [-0.2, 0) is 6.54 Å². The predicted molar refractivity (Wildman–Crippen MR) is 127 cm³/mol. The lowest BCUT2D eigenvalue weighted by Crippen LogP contribution is -2.43. The Morgan fingerprint density at radius 1 is 1.03 bits per heavy atom. The molecule has 0 amide bonds. The molecule has 0 saturated carbocycles. The summed E-state index contributed by atoms with van der Waals surface area (Å²) in [6.45, 7) is 6.96. The van der Waals surface area contributed by atoms with Gasteiger partial charge in [0.1, 0.15) is 5.69 Å². The summed E-state index contributed by atoms with van der Waals surface area (Å²) in [5.74, 6) is 0.554. The molecule has 3 aromatic heterocycles. The summed E-state index contributed by atoms with van der Waals surface area (Å²) in [6.07, 6.45) is 7.39. The number of hydrogen-bond acceptors (Lipinski definition) is 7. The molecule has 2 N–H and O–H groups in total. The molecule has 32 heavy (non-hydrogen) atoms. The SMILES string of the molecule is CCn1cc(-c2ccnc(Nc3ccc(N4CCNCC4)cc3)n2)c(-c2cccnc2)n1. The van der Waals surface area contributed by atoms with Gasteiger partial charge in [-0.25, -0.2) is 9.97 Å². The van der Waals surface area contributed by atoms with Gasteiger partial charge in [0.05, 0.1) is 5.69 Å². The molecule has 0 aliphatic carbocycles. The van der Waals surface area contributed by atoms with Gasteiger partial charge in [-0.3, -0.25) is 9.67 Å². The lowest BCUT2D eigenvalue weighted by Gasteiger charge is -2.29. The van der Waals surface area contributed by atoms with Crippen molar-refractivity contribution in [1.82, 2.24) is 30.0 Å². The normalized spacial score (nSPS) is 13.8. The molecular weight excluding hydrogens is 400 g/mol. The molecule has 1 aliphatic heterocycles. The van der Waals surface area contributed by atoms with E-state index in [-0.39, 0.29) is 0 Å². The number of benzene rings is 1. The van der Waals surface area contributed by atoms with Crippen LogP contribution in [0.25, 0.3) is 22.5 Å². The predicted octanol–water partition coefficient (Wildman–Crippen LogP) is 3.58. The zero-order valence-electron chi connectivity index (χ0n) is 18.1. The van der Waals surface area contributed by atoms with Gasteiger partial charge in [0, 0.05) is 80.0 Å². The van der Waals surface area contributed by atoms with Crippen LogP contribution in [0, 0.1) is 0 Å². The van der Waals surface area contributed by atoms with Crippen LogP contribution in [0.1, 0.15) is 6.92 Å². The van der Waals surface area contributed by atoms with Gasteiger partial charge in [-0.2, -0.15) is 5.10 Å². The largest absolute Gasteiger partial charge is 0.369 e. The van der Waals surface area contributed by atoms with Crippen LogP contribution in [0.2, 0.25) is 0 Å². The number of nitrogens with zero attached hydrogens (tertiary/aromatic N) is 6. The third-order valence-electron chi connectivity index (χ3n) is 5.56. The van der Waals surface area contributed by atoms with Gasteiger partial charge < -0.3 is 15.5 Å². The molecule has 1 fully saturated rings. The molecule has 0 bridgehead atoms. The minimum atomic E-state index is 0.554. The summed E-state index contributed by atoms with van der Waals surface area (Å²) in [4.78, 5) is 15.8. The summed E-state index contributed by atoms with van der Waals surface area (Å²) >= 11 is 0. The number of rotatable bonds is 6. The molecule has 0 atom stereocenters. The van der Waals surface area contributed by atoms with Crippen molar-refractivity contribution in [1.29, 1.82) is 0 Å². The van der Waals surface area contributed by atoms with E-state index in [1.54, 1.807) is 12.4 Å². The average molecular weight is 427 g/mol. The van der Waals surface area contributed by atoms with Crippen LogP contribution in [-0.4, -0.2) is 50.9 Å². The highest BCUT2D eigenvalue weighted by Crippen LogP contribution is 2.30. The monoisotopic (exact) mass is 426 g/mol. The fourth-order valence-electron chi connectivity index (χ4n) is 3.86. The molecule has 4 aromatic rings. The Balaban J connectivity index is 1.39. The first-order valence-electron chi connectivity index (χ1n) is 10.9. The van der Waals surface area contributed by atoms with Crippen LogP contribution >= 0.6 is 0 Å².